The highest BCUT2D eigenvalue weighted by Crippen LogP contribution is 2.49. The number of halogens is 1. The summed E-state index contributed by atoms with van der Waals surface area (Å²) in [6.07, 6.45) is 1.45. The highest BCUT2D eigenvalue weighted by molar-refractivity contribution is 5.94. The molecule has 124 valence electrons. The molecule has 1 N–H and O–H groups in total. The van der Waals surface area contributed by atoms with Gasteiger partial charge in [-0.2, -0.15) is 0 Å². The summed E-state index contributed by atoms with van der Waals surface area (Å²) in [5, 5.41) is 2.52. The minimum absolute atomic E-state index is 0.336. The van der Waals surface area contributed by atoms with Crippen molar-refractivity contribution in [1.82, 2.24) is 0 Å². The Morgan fingerprint density at radius 2 is 1.88 bits per heavy atom. The lowest BCUT2D eigenvalue weighted by molar-refractivity contribution is -0.150. The maximum atomic E-state index is 13.5. The van der Waals surface area contributed by atoms with E-state index in [0.29, 0.717) is 11.3 Å². The van der Waals surface area contributed by atoms with Crippen LogP contribution in [0.4, 0.5) is 10.1 Å². The molecule has 1 amide bonds. The Morgan fingerprint density at radius 1 is 1.17 bits per heavy atom. The molecule has 24 heavy (non-hydrogen) atoms. The summed E-state index contributed by atoms with van der Waals surface area (Å²) in [5.41, 5.74) is 1.13. The molecule has 0 spiro atoms. The molecule has 0 aliphatic heterocycles. The van der Waals surface area contributed by atoms with Crippen molar-refractivity contribution < 1.29 is 18.7 Å². The van der Waals surface area contributed by atoms with Gasteiger partial charge in [0.25, 0.3) is 5.91 Å². The number of esters is 1. The lowest BCUT2D eigenvalue weighted by Crippen LogP contribution is -2.28. The van der Waals surface area contributed by atoms with Crippen molar-refractivity contribution in [3.8, 4) is 0 Å². The van der Waals surface area contributed by atoms with E-state index in [1.54, 1.807) is 19.1 Å². The van der Waals surface area contributed by atoms with Gasteiger partial charge in [-0.1, -0.05) is 36.4 Å². The average Bonchev–Trinajstić information content (AvgIpc) is 3.39. The Labute approximate surface area is 139 Å². The summed E-state index contributed by atoms with van der Waals surface area (Å²) in [5.74, 6) is -1.28. The lowest BCUT2D eigenvalue weighted by atomic mass is 9.96. The Kier molecular flexibility index (Phi) is 4.34. The summed E-state index contributed by atoms with van der Waals surface area (Å²) in [6.45, 7) is 1.25. The zero-order chi connectivity index (χ0) is 17.2. The molecule has 0 unspecified atom stereocenters. The van der Waals surface area contributed by atoms with Gasteiger partial charge >= 0.3 is 5.97 Å². The van der Waals surface area contributed by atoms with Crippen LogP contribution in [-0.2, 0) is 19.7 Å². The second-order valence-corrected chi connectivity index (χ2v) is 6.04. The highest BCUT2D eigenvalue weighted by atomic mass is 19.1. The fraction of sp³-hybridized carbons (Fsp3) is 0.263. The van der Waals surface area contributed by atoms with Gasteiger partial charge in [0.1, 0.15) is 5.82 Å². The quantitative estimate of drug-likeness (QED) is 0.857. The number of benzene rings is 2. The largest absolute Gasteiger partial charge is 0.455 e. The fourth-order valence-electron chi connectivity index (χ4n) is 2.63. The van der Waals surface area contributed by atoms with Crippen molar-refractivity contribution in [3.05, 3.63) is 65.5 Å². The van der Waals surface area contributed by atoms with Gasteiger partial charge in [-0.15, -0.1) is 0 Å². The van der Waals surface area contributed by atoms with Crippen molar-refractivity contribution in [2.75, 3.05) is 11.9 Å². The van der Waals surface area contributed by atoms with Crippen LogP contribution < -0.4 is 5.32 Å². The number of rotatable bonds is 5. The van der Waals surface area contributed by atoms with Crippen molar-refractivity contribution in [1.29, 1.82) is 0 Å². The number of hydrogen-bond acceptors (Lipinski definition) is 3. The molecule has 2 aromatic rings. The van der Waals surface area contributed by atoms with Crippen LogP contribution in [0.3, 0.4) is 0 Å². The smallest absolute Gasteiger partial charge is 0.317 e. The van der Waals surface area contributed by atoms with Crippen molar-refractivity contribution in [2.24, 2.45) is 0 Å². The third-order valence-corrected chi connectivity index (χ3v) is 4.26. The van der Waals surface area contributed by atoms with Crippen molar-refractivity contribution in [2.45, 2.75) is 25.2 Å². The number of carbonyl (C=O) groups excluding carboxylic acids is 2. The van der Waals surface area contributed by atoms with Crippen LogP contribution in [-0.4, -0.2) is 18.5 Å². The normalized spacial score (nSPS) is 14.8. The minimum Gasteiger partial charge on any atom is -0.455 e. The number of anilines is 1. The number of amides is 1. The van der Waals surface area contributed by atoms with Crippen LogP contribution >= 0.6 is 0 Å². The van der Waals surface area contributed by atoms with Crippen LogP contribution in [0, 0.1) is 12.7 Å². The van der Waals surface area contributed by atoms with E-state index in [2.05, 4.69) is 5.32 Å². The summed E-state index contributed by atoms with van der Waals surface area (Å²) in [4.78, 5) is 24.2. The van der Waals surface area contributed by atoms with E-state index in [-0.39, 0.29) is 12.6 Å². The van der Waals surface area contributed by atoms with E-state index >= 15 is 0 Å². The lowest BCUT2D eigenvalue weighted by Gasteiger charge is -2.14. The number of ether oxygens (including phenoxy) is 1. The molecule has 4 nitrogen and oxygen atoms in total. The topological polar surface area (TPSA) is 55.4 Å². The van der Waals surface area contributed by atoms with E-state index in [4.69, 9.17) is 4.74 Å². The second-order valence-electron chi connectivity index (χ2n) is 6.04. The Morgan fingerprint density at radius 3 is 2.50 bits per heavy atom. The molecule has 1 fully saturated rings. The van der Waals surface area contributed by atoms with Gasteiger partial charge in [-0.05, 0) is 43.0 Å². The van der Waals surface area contributed by atoms with Gasteiger partial charge < -0.3 is 10.1 Å². The molecule has 1 saturated carbocycles. The zero-order valence-corrected chi connectivity index (χ0v) is 13.3. The maximum absolute atomic E-state index is 13.5. The molecular formula is C19H18FNO3. The number of carbonyl (C=O) groups is 2. The standard InChI is InChI=1S/C19H18FNO3/c1-13-7-8-15(11-16(13)20)21-17(22)12-24-18(23)19(9-10-19)14-5-3-2-4-6-14/h2-8,11H,9-10,12H2,1H3,(H,21,22). The van der Waals surface area contributed by atoms with E-state index in [9.17, 15) is 14.0 Å². The van der Waals surface area contributed by atoms with Gasteiger partial charge in [0.2, 0.25) is 0 Å². The zero-order valence-electron chi connectivity index (χ0n) is 13.3. The average molecular weight is 327 g/mol. The first-order valence-electron chi connectivity index (χ1n) is 7.80. The van der Waals surface area contributed by atoms with Crippen LogP contribution in [0.2, 0.25) is 0 Å². The fourth-order valence-corrected chi connectivity index (χ4v) is 2.63. The number of aryl methyl sites for hydroxylation is 1. The number of nitrogens with one attached hydrogen (secondary N) is 1. The van der Waals surface area contributed by atoms with E-state index in [0.717, 1.165) is 18.4 Å². The first-order valence-corrected chi connectivity index (χ1v) is 7.80. The predicted molar refractivity (Wildman–Crippen MR) is 88.1 cm³/mol. The summed E-state index contributed by atoms with van der Waals surface area (Å²) < 4.78 is 18.6. The molecule has 3 rings (SSSR count). The Hall–Kier alpha value is -2.69. The summed E-state index contributed by atoms with van der Waals surface area (Å²) >= 11 is 0. The van der Waals surface area contributed by atoms with Crippen molar-refractivity contribution in [3.63, 3.8) is 0 Å². The van der Waals surface area contributed by atoms with Gasteiger partial charge in [-0.3, -0.25) is 9.59 Å². The van der Waals surface area contributed by atoms with Gasteiger partial charge in [0, 0.05) is 5.69 Å². The minimum atomic E-state index is -0.614. The summed E-state index contributed by atoms with van der Waals surface area (Å²) in [6, 6.07) is 13.8. The van der Waals surface area contributed by atoms with E-state index in [1.165, 1.54) is 6.07 Å². The molecule has 0 heterocycles. The third kappa shape index (κ3) is 3.30. The number of hydrogen-bond donors (Lipinski definition) is 1. The van der Waals surface area contributed by atoms with Gasteiger partial charge in [0.15, 0.2) is 6.61 Å². The Bertz CT molecular complexity index is 769. The third-order valence-electron chi connectivity index (χ3n) is 4.26. The first kappa shape index (κ1) is 16.2. The van der Waals surface area contributed by atoms with Crippen LogP contribution in [0.1, 0.15) is 24.0 Å². The van der Waals surface area contributed by atoms with Crippen LogP contribution in [0.25, 0.3) is 0 Å². The molecule has 0 radical (unpaired) electrons. The van der Waals surface area contributed by atoms with Crippen molar-refractivity contribution >= 4 is 17.6 Å². The molecule has 1 aliphatic carbocycles. The predicted octanol–water partition coefficient (Wildman–Crippen LogP) is 3.35. The Balaban J connectivity index is 1.56. The second kappa shape index (κ2) is 6.43. The van der Waals surface area contributed by atoms with Gasteiger partial charge in [0.05, 0.1) is 5.41 Å². The highest BCUT2D eigenvalue weighted by Gasteiger charge is 2.52. The van der Waals surface area contributed by atoms with Crippen LogP contribution in [0.15, 0.2) is 48.5 Å². The molecule has 2 aromatic carbocycles. The first-order chi connectivity index (χ1) is 11.5. The molecule has 0 bridgehead atoms. The molecule has 0 saturated heterocycles. The van der Waals surface area contributed by atoms with Crippen LogP contribution in [0.5, 0.6) is 0 Å². The van der Waals surface area contributed by atoms with E-state index in [1.807, 2.05) is 30.3 Å². The molecule has 0 atom stereocenters. The van der Waals surface area contributed by atoms with E-state index < -0.39 is 17.1 Å². The molecule has 5 heteroatoms. The SMILES string of the molecule is Cc1ccc(NC(=O)COC(=O)C2(c3ccccc3)CC2)cc1F. The molecule has 0 aromatic heterocycles. The van der Waals surface area contributed by atoms with Gasteiger partial charge in [-0.25, -0.2) is 4.39 Å². The molecule has 1 aliphatic rings. The summed E-state index contributed by atoms with van der Waals surface area (Å²) in [7, 11) is 0. The maximum Gasteiger partial charge on any atom is 0.317 e. The molecular weight excluding hydrogens is 309 g/mol. The monoisotopic (exact) mass is 327 g/mol.